The van der Waals surface area contributed by atoms with Crippen molar-refractivity contribution >= 4 is 27.9 Å². The van der Waals surface area contributed by atoms with Crippen LogP contribution in [0.5, 0.6) is 0 Å². The molecule has 0 radical (unpaired) electrons. The van der Waals surface area contributed by atoms with Crippen molar-refractivity contribution in [3.8, 4) is 0 Å². The van der Waals surface area contributed by atoms with E-state index in [4.69, 9.17) is 0 Å². The maximum absolute atomic E-state index is 13.6. The van der Waals surface area contributed by atoms with Gasteiger partial charge in [-0.2, -0.15) is 0 Å². The molecule has 0 bridgehead atoms. The first-order chi connectivity index (χ1) is 13.1. The summed E-state index contributed by atoms with van der Waals surface area (Å²) in [6, 6.07) is 17.3. The average Bonchev–Trinajstić information content (AvgIpc) is 2.85. The second-order valence-electron chi connectivity index (χ2n) is 7.37. The van der Waals surface area contributed by atoms with Crippen LogP contribution in [0.3, 0.4) is 0 Å². The first kappa shape index (κ1) is 18.6. The zero-order chi connectivity index (χ0) is 18.9. The Labute approximate surface area is 166 Å². The van der Waals surface area contributed by atoms with Crippen LogP contribution in [0.1, 0.15) is 43.2 Å². The fraction of sp³-hybridized carbons (Fsp3) is 0.364. The Bertz CT molecular complexity index is 921. The summed E-state index contributed by atoms with van der Waals surface area (Å²) in [5, 5.41) is 1.21. The molecule has 2 atom stereocenters. The predicted octanol–water partition coefficient (Wildman–Crippen LogP) is 5.43. The Kier molecular flexibility index (Phi) is 5.33. The normalized spacial score (nSPS) is 24.6. The third kappa shape index (κ3) is 3.81. The van der Waals surface area contributed by atoms with E-state index in [1.54, 1.807) is 28.2 Å². The van der Waals surface area contributed by atoms with Crippen molar-refractivity contribution in [3.05, 3.63) is 70.8 Å². The van der Waals surface area contributed by atoms with Crippen molar-refractivity contribution in [1.29, 1.82) is 0 Å². The smallest absolute Gasteiger partial charge is 0.256 e. The molecule has 0 aromatic heterocycles. The van der Waals surface area contributed by atoms with E-state index in [-0.39, 0.29) is 6.04 Å². The molecule has 5 heteroatoms. The molecule has 1 saturated heterocycles. The first-order valence-corrected chi connectivity index (χ1v) is 11.9. The van der Waals surface area contributed by atoms with Gasteiger partial charge in [0.2, 0.25) is 0 Å². The van der Waals surface area contributed by atoms with E-state index in [1.807, 2.05) is 55.5 Å². The summed E-state index contributed by atoms with van der Waals surface area (Å²) in [5.74, 6) is 0. The Morgan fingerprint density at radius 1 is 0.963 bits per heavy atom. The molecule has 2 aromatic carbocycles. The lowest BCUT2D eigenvalue weighted by Gasteiger charge is -2.27. The summed E-state index contributed by atoms with van der Waals surface area (Å²) in [5.41, 5.74) is 2.11. The molecule has 0 N–H and O–H groups in total. The summed E-state index contributed by atoms with van der Waals surface area (Å²) < 4.78 is 28.9. The maximum atomic E-state index is 13.6. The molecule has 27 heavy (non-hydrogen) atoms. The summed E-state index contributed by atoms with van der Waals surface area (Å²) in [4.78, 5) is 0.387. The highest BCUT2D eigenvalue weighted by Crippen LogP contribution is 2.48. The fourth-order valence-electron chi connectivity index (χ4n) is 3.94. The number of fused-ring (bicyclic) bond motifs is 1. The standard InChI is InChI=1S/C22H25NO2S2/c1-17-12-14-19(15-13-17)27(24,25)23-20-10-6-3-7-11-21(20)26-22(23)16-18-8-4-2-5-9-18/h2,4-5,8-9,12-16,20-21H,3,6-7,10-11H2,1H3. The third-order valence-electron chi connectivity index (χ3n) is 5.38. The van der Waals surface area contributed by atoms with Gasteiger partial charge in [0.05, 0.1) is 16.0 Å². The predicted molar refractivity (Wildman–Crippen MR) is 113 cm³/mol. The van der Waals surface area contributed by atoms with E-state index >= 15 is 0 Å². The van der Waals surface area contributed by atoms with Gasteiger partial charge in [-0.3, -0.25) is 4.31 Å². The number of hydrogen-bond acceptors (Lipinski definition) is 3. The van der Waals surface area contributed by atoms with E-state index in [2.05, 4.69) is 0 Å². The molecule has 2 aliphatic rings. The summed E-state index contributed by atoms with van der Waals surface area (Å²) in [6.07, 6.45) is 7.54. The van der Waals surface area contributed by atoms with Gasteiger partial charge in [0, 0.05) is 5.25 Å². The summed E-state index contributed by atoms with van der Waals surface area (Å²) in [6.45, 7) is 1.98. The van der Waals surface area contributed by atoms with Gasteiger partial charge < -0.3 is 0 Å². The largest absolute Gasteiger partial charge is 0.265 e. The molecule has 0 amide bonds. The maximum Gasteiger partial charge on any atom is 0.265 e. The van der Waals surface area contributed by atoms with Gasteiger partial charge in [-0.1, -0.05) is 67.3 Å². The third-order valence-corrected chi connectivity index (χ3v) is 8.75. The minimum Gasteiger partial charge on any atom is -0.256 e. The molecule has 2 fully saturated rings. The molecule has 4 rings (SSSR count). The van der Waals surface area contributed by atoms with Gasteiger partial charge in [0.25, 0.3) is 10.0 Å². The van der Waals surface area contributed by atoms with Crippen molar-refractivity contribution in [2.24, 2.45) is 0 Å². The van der Waals surface area contributed by atoms with Crippen LogP contribution in [0.15, 0.2) is 64.5 Å². The van der Waals surface area contributed by atoms with Crippen molar-refractivity contribution < 1.29 is 8.42 Å². The van der Waals surface area contributed by atoms with Crippen LogP contribution >= 0.6 is 11.8 Å². The average molecular weight is 400 g/mol. The molecule has 2 aromatic rings. The molecular formula is C22H25NO2S2. The SMILES string of the molecule is Cc1ccc(S(=O)(=O)N2C(=Cc3ccccc3)SC3CCCCCC32)cc1. The number of nitrogens with zero attached hydrogens (tertiary/aromatic N) is 1. The highest BCUT2D eigenvalue weighted by atomic mass is 32.2. The Balaban J connectivity index is 1.78. The van der Waals surface area contributed by atoms with Crippen molar-refractivity contribution in [2.45, 2.75) is 55.2 Å². The zero-order valence-corrected chi connectivity index (χ0v) is 17.2. The number of benzene rings is 2. The molecule has 1 saturated carbocycles. The number of rotatable bonds is 3. The topological polar surface area (TPSA) is 37.4 Å². The van der Waals surface area contributed by atoms with Gasteiger partial charge >= 0.3 is 0 Å². The lowest BCUT2D eigenvalue weighted by molar-refractivity contribution is 0.382. The number of sulfonamides is 1. The van der Waals surface area contributed by atoms with Crippen molar-refractivity contribution in [2.75, 3.05) is 0 Å². The van der Waals surface area contributed by atoms with E-state index in [0.29, 0.717) is 10.1 Å². The van der Waals surface area contributed by atoms with Gasteiger partial charge in [-0.25, -0.2) is 8.42 Å². The lowest BCUT2D eigenvalue weighted by atomic mass is 10.1. The number of thioether (sulfide) groups is 1. The number of hydrogen-bond donors (Lipinski definition) is 0. The van der Waals surface area contributed by atoms with E-state index in [0.717, 1.165) is 35.4 Å². The Hall–Kier alpha value is -1.72. The minimum atomic E-state index is -3.57. The van der Waals surface area contributed by atoms with Crippen molar-refractivity contribution in [1.82, 2.24) is 4.31 Å². The zero-order valence-electron chi connectivity index (χ0n) is 15.5. The van der Waals surface area contributed by atoms with Crippen LogP contribution in [0.4, 0.5) is 0 Å². The molecule has 3 nitrogen and oxygen atoms in total. The van der Waals surface area contributed by atoms with E-state index in [1.165, 1.54) is 12.8 Å². The quantitative estimate of drug-likeness (QED) is 0.690. The Morgan fingerprint density at radius 2 is 1.67 bits per heavy atom. The van der Waals surface area contributed by atoms with Gasteiger partial charge in [-0.15, -0.1) is 11.8 Å². The molecule has 2 unspecified atom stereocenters. The van der Waals surface area contributed by atoms with Crippen LogP contribution in [-0.2, 0) is 10.0 Å². The van der Waals surface area contributed by atoms with Crippen LogP contribution in [-0.4, -0.2) is 24.0 Å². The lowest BCUT2D eigenvalue weighted by Crippen LogP contribution is -2.38. The van der Waals surface area contributed by atoms with Gasteiger partial charge in [0.1, 0.15) is 0 Å². The molecular weight excluding hydrogens is 374 g/mol. The second-order valence-corrected chi connectivity index (χ2v) is 10.4. The van der Waals surface area contributed by atoms with Crippen LogP contribution in [0.25, 0.3) is 6.08 Å². The fourth-order valence-corrected chi connectivity index (χ4v) is 7.50. The highest BCUT2D eigenvalue weighted by molar-refractivity contribution is 8.05. The molecule has 1 aliphatic heterocycles. The molecule has 0 spiro atoms. The van der Waals surface area contributed by atoms with Gasteiger partial charge in [0.15, 0.2) is 0 Å². The van der Waals surface area contributed by atoms with E-state index in [9.17, 15) is 8.42 Å². The summed E-state index contributed by atoms with van der Waals surface area (Å²) >= 11 is 1.74. The highest BCUT2D eigenvalue weighted by Gasteiger charge is 2.44. The van der Waals surface area contributed by atoms with E-state index < -0.39 is 10.0 Å². The Morgan fingerprint density at radius 3 is 2.41 bits per heavy atom. The van der Waals surface area contributed by atoms with Crippen LogP contribution in [0, 0.1) is 6.92 Å². The van der Waals surface area contributed by atoms with Crippen molar-refractivity contribution in [3.63, 3.8) is 0 Å². The molecule has 1 aliphatic carbocycles. The minimum absolute atomic E-state index is 0.0544. The molecule has 1 heterocycles. The van der Waals surface area contributed by atoms with Crippen LogP contribution < -0.4 is 0 Å². The number of aryl methyl sites for hydroxylation is 1. The second kappa shape index (κ2) is 7.72. The van der Waals surface area contributed by atoms with Gasteiger partial charge in [-0.05, 0) is 43.5 Å². The molecule has 142 valence electrons. The monoisotopic (exact) mass is 399 g/mol. The first-order valence-electron chi connectivity index (χ1n) is 9.60. The van der Waals surface area contributed by atoms with Crippen LogP contribution in [0.2, 0.25) is 0 Å². The summed E-state index contributed by atoms with van der Waals surface area (Å²) in [7, 11) is -3.57.